The zero-order chi connectivity index (χ0) is 19.7. The number of pyridine rings is 1. The molecule has 0 saturated heterocycles. The van der Waals surface area contributed by atoms with Crippen LogP contribution in [0.2, 0.25) is 0 Å². The highest BCUT2D eigenvalue weighted by Gasteiger charge is 2.21. The van der Waals surface area contributed by atoms with E-state index in [0.29, 0.717) is 16.5 Å². The maximum Gasteiger partial charge on any atom is 0.339 e. The van der Waals surface area contributed by atoms with Gasteiger partial charge in [-0.2, -0.15) is 0 Å². The first-order valence-electron chi connectivity index (χ1n) is 8.43. The molecule has 0 aliphatic heterocycles. The minimum Gasteiger partial charge on any atom is -0.449 e. The molecule has 2 aromatic carbocycles. The fourth-order valence-corrected chi connectivity index (χ4v) is 2.76. The molecule has 0 unspecified atom stereocenters. The van der Waals surface area contributed by atoms with E-state index < -0.39 is 17.6 Å². The number of aromatic amines is 1. The lowest BCUT2D eigenvalue weighted by Crippen LogP contribution is -2.14. The van der Waals surface area contributed by atoms with Crippen molar-refractivity contribution < 1.29 is 18.3 Å². The van der Waals surface area contributed by atoms with Gasteiger partial charge in [0.1, 0.15) is 5.82 Å². The number of H-pyrrole nitrogens is 1. The fourth-order valence-electron chi connectivity index (χ4n) is 2.76. The Morgan fingerprint density at radius 1 is 1.14 bits per heavy atom. The summed E-state index contributed by atoms with van der Waals surface area (Å²) in [6, 6.07) is 13.7. The molecule has 0 fully saturated rings. The van der Waals surface area contributed by atoms with Gasteiger partial charge in [0, 0.05) is 22.5 Å². The molecule has 2 aromatic heterocycles. The minimum atomic E-state index is -0.841. The van der Waals surface area contributed by atoms with E-state index in [4.69, 9.17) is 9.15 Å². The Bertz CT molecular complexity index is 1210. The van der Waals surface area contributed by atoms with Crippen LogP contribution in [-0.4, -0.2) is 21.2 Å². The number of aromatic nitrogens is 3. The highest BCUT2D eigenvalue weighted by Crippen LogP contribution is 2.24. The van der Waals surface area contributed by atoms with Gasteiger partial charge in [-0.15, -0.1) is 10.2 Å². The van der Waals surface area contributed by atoms with Crippen molar-refractivity contribution in [3.05, 3.63) is 82.2 Å². The summed E-state index contributed by atoms with van der Waals surface area (Å²) in [6.07, 6.45) is -0.841. The number of ether oxygens (including phenoxy) is 1. The predicted octanol–water partition coefficient (Wildman–Crippen LogP) is 3.64. The summed E-state index contributed by atoms with van der Waals surface area (Å²) < 4.78 is 24.0. The first-order valence-corrected chi connectivity index (χ1v) is 8.43. The maximum absolute atomic E-state index is 13.0. The third-order valence-corrected chi connectivity index (χ3v) is 4.13. The van der Waals surface area contributed by atoms with Crippen molar-refractivity contribution >= 4 is 16.9 Å². The third kappa shape index (κ3) is 3.39. The molecule has 4 rings (SSSR count). The third-order valence-electron chi connectivity index (χ3n) is 4.13. The van der Waals surface area contributed by atoms with E-state index in [-0.39, 0.29) is 23.2 Å². The molecule has 2 heterocycles. The topological polar surface area (TPSA) is 98.1 Å². The second-order valence-electron chi connectivity index (χ2n) is 6.09. The molecule has 140 valence electrons. The van der Waals surface area contributed by atoms with Crippen molar-refractivity contribution in [1.82, 2.24) is 15.2 Å². The molecule has 0 radical (unpaired) electrons. The number of halogens is 1. The van der Waals surface area contributed by atoms with Crippen LogP contribution in [-0.2, 0) is 4.74 Å². The smallest absolute Gasteiger partial charge is 0.339 e. The molecule has 0 saturated carbocycles. The normalized spacial score (nSPS) is 12.1. The maximum atomic E-state index is 13.0. The van der Waals surface area contributed by atoms with E-state index >= 15 is 0 Å². The van der Waals surface area contributed by atoms with Crippen molar-refractivity contribution in [2.24, 2.45) is 0 Å². The van der Waals surface area contributed by atoms with Gasteiger partial charge in [0.2, 0.25) is 11.4 Å². The summed E-state index contributed by atoms with van der Waals surface area (Å²) >= 11 is 0. The standard InChI is InChI=1S/C20H14FN3O4/c1-11(18-23-24-19(28-18)12-6-8-13(21)9-7-12)27-20(26)15-10-17(25)22-16-5-3-2-4-14(15)16/h2-11H,1H3,(H,22,25)/t11-/m1/s1. The Balaban J connectivity index is 1.57. The SMILES string of the molecule is C[C@@H](OC(=O)c1cc(=O)[nH]c2ccccc12)c1nnc(-c2ccc(F)cc2)o1. The Morgan fingerprint density at radius 3 is 2.68 bits per heavy atom. The van der Waals surface area contributed by atoms with Crippen LogP contribution in [0.15, 0.2) is 63.8 Å². The number of carbonyl (C=O) groups excluding carboxylic acids is 1. The molecular formula is C20H14FN3O4. The first kappa shape index (κ1) is 17.6. The number of benzene rings is 2. The number of hydrogen-bond acceptors (Lipinski definition) is 6. The summed E-state index contributed by atoms with van der Waals surface area (Å²) in [5, 5.41) is 8.35. The van der Waals surface area contributed by atoms with E-state index in [1.54, 1.807) is 31.2 Å². The fraction of sp³-hybridized carbons (Fsp3) is 0.100. The zero-order valence-corrected chi connectivity index (χ0v) is 14.7. The number of nitrogens with one attached hydrogen (secondary N) is 1. The van der Waals surface area contributed by atoms with Gasteiger partial charge < -0.3 is 14.1 Å². The summed E-state index contributed by atoms with van der Waals surface area (Å²) in [7, 11) is 0. The van der Waals surface area contributed by atoms with Crippen LogP contribution in [0.5, 0.6) is 0 Å². The Labute approximate surface area is 157 Å². The van der Waals surface area contributed by atoms with Crippen LogP contribution in [0.4, 0.5) is 4.39 Å². The van der Waals surface area contributed by atoms with E-state index in [0.717, 1.165) is 0 Å². The van der Waals surface area contributed by atoms with E-state index in [1.807, 2.05) is 0 Å². The molecular weight excluding hydrogens is 365 g/mol. The highest BCUT2D eigenvalue weighted by molar-refractivity contribution is 6.03. The first-order chi connectivity index (χ1) is 13.5. The molecule has 0 bridgehead atoms. The van der Waals surface area contributed by atoms with Gasteiger partial charge in [-0.1, -0.05) is 18.2 Å². The number of fused-ring (bicyclic) bond motifs is 1. The summed E-state index contributed by atoms with van der Waals surface area (Å²) in [6.45, 7) is 1.58. The lowest BCUT2D eigenvalue weighted by atomic mass is 10.1. The summed E-state index contributed by atoms with van der Waals surface area (Å²) in [4.78, 5) is 27.1. The van der Waals surface area contributed by atoms with Crippen molar-refractivity contribution in [3.8, 4) is 11.5 Å². The van der Waals surface area contributed by atoms with Gasteiger partial charge in [-0.25, -0.2) is 9.18 Å². The number of hydrogen-bond donors (Lipinski definition) is 1. The van der Waals surface area contributed by atoms with Crippen LogP contribution >= 0.6 is 0 Å². The number of rotatable bonds is 4. The molecule has 1 N–H and O–H groups in total. The van der Waals surface area contributed by atoms with E-state index in [9.17, 15) is 14.0 Å². The van der Waals surface area contributed by atoms with Crippen molar-refractivity contribution in [2.45, 2.75) is 13.0 Å². The van der Waals surface area contributed by atoms with Gasteiger partial charge in [-0.05, 0) is 37.3 Å². The van der Waals surface area contributed by atoms with Gasteiger partial charge in [0.25, 0.3) is 5.89 Å². The minimum absolute atomic E-state index is 0.0850. The largest absolute Gasteiger partial charge is 0.449 e. The molecule has 28 heavy (non-hydrogen) atoms. The monoisotopic (exact) mass is 379 g/mol. The van der Waals surface area contributed by atoms with Gasteiger partial charge >= 0.3 is 5.97 Å². The van der Waals surface area contributed by atoms with Gasteiger partial charge in [0.15, 0.2) is 6.10 Å². The lowest BCUT2D eigenvalue weighted by Gasteiger charge is -2.10. The van der Waals surface area contributed by atoms with E-state index in [1.165, 1.54) is 30.3 Å². The summed E-state index contributed by atoms with van der Waals surface area (Å²) in [5.74, 6) is -0.798. The Hall–Kier alpha value is -3.81. The van der Waals surface area contributed by atoms with Crippen molar-refractivity contribution in [3.63, 3.8) is 0 Å². The van der Waals surface area contributed by atoms with Crippen LogP contribution in [0.3, 0.4) is 0 Å². The number of esters is 1. The number of nitrogens with zero attached hydrogens (tertiary/aromatic N) is 2. The Kier molecular flexibility index (Phi) is 4.44. The second kappa shape index (κ2) is 7.07. The zero-order valence-electron chi connectivity index (χ0n) is 14.7. The molecule has 7 nitrogen and oxygen atoms in total. The lowest BCUT2D eigenvalue weighted by molar-refractivity contribution is 0.0282. The number of carbonyl (C=O) groups is 1. The highest BCUT2D eigenvalue weighted by atomic mass is 19.1. The average molecular weight is 379 g/mol. The van der Waals surface area contributed by atoms with Crippen LogP contribution in [0, 0.1) is 5.82 Å². The van der Waals surface area contributed by atoms with E-state index in [2.05, 4.69) is 15.2 Å². The molecule has 0 aliphatic carbocycles. The predicted molar refractivity (Wildman–Crippen MR) is 98.1 cm³/mol. The van der Waals surface area contributed by atoms with Crippen LogP contribution in [0.1, 0.15) is 29.3 Å². The molecule has 4 aromatic rings. The number of para-hydroxylation sites is 1. The van der Waals surface area contributed by atoms with Crippen molar-refractivity contribution in [2.75, 3.05) is 0 Å². The van der Waals surface area contributed by atoms with Gasteiger partial charge in [0.05, 0.1) is 5.56 Å². The van der Waals surface area contributed by atoms with Crippen molar-refractivity contribution in [1.29, 1.82) is 0 Å². The summed E-state index contributed by atoms with van der Waals surface area (Å²) in [5.41, 5.74) is 0.810. The second-order valence-corrected chi connectivity index (χ2v) is 6.09. The Morgan fingerprint density at radius 2 is 1.89 bits per heavy atom. The molecule has 0 amide bonds. The quantitative estimate of drug-likeness (QED) is 0.544. The average Bonchev–Trinajstić information content (AvgIpc) is 3.18. The molecule has 0 aliphatic rings. The van der Waals surface area contributed by atoms with Crippen LogP contribution < -0.4 is 5.56 Å². The molecule has 0 spiro atoms. The molecule has 1 atom stereocenters. The molecule has 8 heteroatoms. The van der Waals surface area contributed by atoms with Crippen LogP contribution in [0.25, 0.3) is 22.4 Å². The van der Waals surface area contributed by atoms with Gasteiger partial charge in [-0.3, -0.25) is 4.79 Å².